The number of halogens is 3. The number of hydrogen-bond acceptors (Lipinski definition) is 3. The first-order chi connectivity index (χ1) is 10.3. The standard InChI is InChI=1S/C14H16BrFIN3O2/c1-20-4-2-7(3-5-20)14(22)19-12-8(13(18)21)6-9(17)10(15)11(12)16/h6-7H,2-5H2,1H3,(H2,18,21)(H,19,22). The lowest BCUT2D eigenvalue weighted by Crippen LogP contribution is -2.36. The zero-order valence-corrected chi connectivity index (χ0v) is 15.7. The van der Waals surface area contributed by atoms with Gasteiger partial charge in [0.2, 0.25) is 5.91 Å². The summed E-state index contributed by atoms with van der Waals surface area (Å²) in [5, 5.41) is 2.55. The summed E-state index contributed by atoms with van der Waals surface area (Å²) in [6.45, 7) is 1.64. The van der Waals surface area contributed by atoms with Crippen molar-refractivity contribution in [2.24, 2.45) is 11.7 Å². The Bertz CT molecular complexity index is 619. The Morgan fingerprint density at radius 3 is 2.59 bits per heavy atom. The van der Waals surface area contributed by atoms with Crippen LogP contribution in [-0.2, 0) is 4.79 Å². The molecule has 0 spiro atoms. The van der Waals surface area contributed by atoms with E-state index >= 15 is 0 Å². The molecular formula is C14H16BrFIN3O2. The highest BCUT2D eigenvalue weighted by molar-refractivity contribution is 14.1. The van der Waals surface area contributed by atoms with Crippen LogP contribution in [0.2, 0.25) is 0 Å². The van der Waals surface area contributed by atoms with Gasteiger partial charge in [-0.2, -0.15) is 0 Å². The van der Waals surface area contributed by atoms with Crippen molar-refractivity contribution >= 4 is 56.0 Å². The normalized spacial score (nSPS) is 16.5. The van der Waals surface area contributed by atoms with E-state index < -0.39 is 11.7 Å². The van der Waals surface area contributed by atoms with Crippen LogP contribution in [0, 0.1) is 15.3 Å². The van der Waals surface area contributed by atoms with Gasteiger partial charge in [-0.05, 0) is 77.6 Å². The van der Waals surface area contributed by atoms with E-state index in [2.05, 4.69) is 26.1 Å². The molecule has 1 saturated heterocycles. The van der Waals surface area contributed by atoms with Crippen molar-refractivity contribution < 1.29 is 14.0 Å². The number of anilines is 1. The van der Waals surface area contributed by atoms with Crippen LogP contribution in [0.4, 0.5) is 10.1 Å². The number of carbonyl (C=O) groups excluding carboxylic acids is 2. The van der Waals surface area contributed by atoms with Crippen molar-refractivity contribution in [1.82, 2.24) is 4.90 Å². The summed E-state index contributed by atoms with van der Waals surface area (Å²) in [5.41, 5.74) is 5.12. The fraction of sp³-hybridized carbons (Fsp3) is 0.429. The molecule has 2 rings (SSSR count). The number of piperidine rings is 1. The van der Waals surface area contributed by atoms with Gasteiger partial charge in [0.25, 0.3) is 5.91 Å². The van der Waals surface area contributed by atoms with Crippen LogP contribution in [-0.4, -0.2) is 36.9 Å². The summed E-state index contributed by atoms with van der Waals surface area (Å²) < 4.78 is 15.1. The lowest BCUT2D eigenvalue weighted by molar-refractivity contribution is -0.121. The SMILES string of the molecule is CN1CCC(C(=O)Nc2c(C(N)=O)cc(I)c(Br)c2F)CC1. The van der Waals surface area contributed by atoms with Crippen LogP contribution in [0.15, 0.2) is 10.5 Å². The van der Waals surface area contributed by atoms with Gasteiger partial charge < -0.3 is 16.0 Å². The molecule has 0 atom stereocenters. The van der Waals surface area contributed by atoms with Crippen LogP contribution in [0.5, 0.6) is 0 Å². The zero-order chi connectivity index (χ0) is 16.4. The minimum Gasteiger partial charge on any atom is -0.366 e. The molecule has 120 valence electrons. The molecule has 8 heteroatoms. The third-order valence-corrected chi connectivity index (χ3v) is 6.13. The van der Waals surface area contributed by atoms with Crippen molar-refractivity contribution in [1.29, 1.82) is 0 Å². The van der Waals surface area contributed by atoms with Crippen molar-refractivity contribution in [2.75, 3.05) is 25.5 Å². The molecule has 22 heavy (non-hydrogen) atoms. The van der Waals surface area contributed by atoms with E-state index in [1.165, 1.54) is 6.07 Å². The van der Waals surface area contributed by atoms with Gasteiger partial charge in [0, 0.05) is 9.49 Å². The average molecular weight is 484 g/mol. The van der Waals surface area contributed by atoms with Crippen LogP contribution < -0.4 is 11.1 Å². The second-order valence-electron chi connectivity index (χ2n) is 5.34. The lowest BCUT2D eigenvalue weighted by Gasteiger charge is -2.28. The maximum Gasteiger partial charge on any atom is 0.250 e. The molecule has 0 aromatic heterocycles. The minimum absolute atomic E-state index is 0.0219. The molecule has 0 radical (unpaired) electrons. The fourth-order valence-electron chi connectivity index (χ4n) is 2.41. The number of primary amides is 1. The monoisotopic (exact) mass is 483 g/mol. The van der Waals surface area contributed by atoms with Gasteiger partial charge in [0.1, 0.15) is 0 Å². The highest BCUT2D eigenvalue weighted by atomic mass is 127. The smallest absolute Gasteiger partial charge is 0.250 e. The van der Waals surface area contributed by atoms with Gasteiger partial charge in [0.15, 0.2) is 5.82 Å². The van der Waals surface area contributed by atoms with E-state index in [-0.39, 0.29) is 27.5 Å². The number of nitrogens with zero attached hydrogens (tertiary/aromatic N) is 1. The number of hydrogen-bond donors (Lipinski definition) is 2. The Kier molecular flexibility index (Phi) is 5.78. The molecule has 1 heterocycles. The summed E-state index contributed by atoms with van der Waals surface area (Å²) in [7, 11) is 2.00. The summed E-state index contributed by atoms with van der Waals surface area (Å²) >= 11 is 5.01. The summed E-state index contributed by atoms with van der Waals surface area (Å²) in [6.07, 6.45) is 1.42. The molecule has 0 unspecified atom stereocenters. The van der Waals surface area contributed by atoms with Crippen molar-refractivity contribution in [3.8, 4) is 0 Å². The molecule has 1 aliphatic rings. The molecule has 3 N–H and O–H groups in total. The predicted molar refractivity (Wildman–Crippen MR) is 94.2 cm³/mol. The molecule has 0 aliphatic carbocycles. The minimum atomic E-state index is -0.775. The molecule has 0 bridgehead atoms. The Hall–Kier alpha value is -0.740. The second-order valence-corrected chi connectivity index (χ2v) is 7.30. The summed E-state index contributed by atoms with van der Waals surface area (Å²) in [6, 6.07) is 1.46. The van der Waals surface area contributed by atoms with Crippen molar-refractivity contribution in [2.45, 2.75) is 12.8 Å². The molecule has 2 amide bonds. The second kappa shape index (κ2) is 7.22. The molecule has 1 aliphatic heterocycles. The largest absolute Gasteiger partial charge is 0.366 e. The molecule has 1 aromatic rings. The van der Waals surface area contributed by atoms with E-state index in [1.54, 1.807) is 0 Å². The predicted octanol–water partition coefficient (Wildman–Crippen LogP) is 2.57. The molecule has 5 nitrogen and oxygen atoms in total. The zero-order valence-electron chi connectivity index (χ0n) is 12.0. The third kappa shape index (κ3) is 3.77. The highest BCUT2D eigenvalue weighted by Crippen LogP contribution is 2.32. The van der Waals surface area contributed by atoms with E-state index in [0.717, 1.165) is 13.1 Å². The van der Waals surface area contributed by atoms with E-state index in [1.807, 2.05) is 29.6 Å². The topological polar surface area (TPSA) is 75.4 Å². The van der Waals surface area contributed by atoms with Crippen LogP contribution >= 0.6 is 38.5 Å². The van der Waals surface area contributed by atoms with Gasteiger partial charge in [0.05, 0.1) is 15.7 Å². The van der Waals surface area contributed by atoms with E-state index in [9.17, 15) is 14.0 Å². The molecule has 0 saturated carbocycles. The quantitative estimate of drug-likeness (QED) is 0.512. The summed E-state index contributed by atoms with van der Waals surface area (Å²) in [5.74, 6) is -1.91. The molecule has 1 aromatic carbocycles. The Morgan fingerprint density at radius 2 is 2.05 bits per heavy atom. The number of rotatable bonds is 3. The maximum atomic E-state index is 14.4. The number of benzene rings is 1. The van der Waals surface area contributed by atoms with Gasteiger partial charge in [-0.15, -0.1) is 0 Å². The van der Waals surface area contributed by atoms with Gasteiger partial charge >= 0.3 is 0 Å². The number of nitrogens with one attached hydrogen (secondary N) is 1. The molecular weight excluding hydrogens is 468 g/mol. The van der Waals surface area contributed by atoms with Crippen LogP contribution in [0.3, 0.4) is 0 Å². The van der Waals surface area contributed by atoms with Crippen molar-refractivity contribution in [3.63, 3.8) is 0 Å². The van der Waals surface area contributed by atoms with Crippen LogP contribution in [0.1, 0.15) is 23.2 Å². The first-order valence-electron chi connectivity index (χ1n) is 6.78. The molecule has 1 fully saturated rings. The average Bonchev–Trinajstić information content (AvgIpc) is 2.47. The number of carbonyl (C=O) groups is 2. The van der Waals surface area contributed by atoms with E-state index in [4.69, 9.17) is 5.73 Å². The first kappa shape index (κ1) is 17.6. The lowest BCUT2D eigenvalue weighted by atomic mass is 9.96. The Labute approximate surface area is 150 Å². The number of amides is 2. The Morgan fingerprint density at radius 1 is 1.45 bits per heavy atom. The van der Waals surface area contributed by atoms with Gasteiger partial charge in [-0.1, -0.05) is 0 Å². The van der Waals surface area contributed by atoms with Crippen molar-refractivity contribution in [3.05, 3.63) is 25.5 Å². The number of likely N-dealkylation sites (tertiary alicyclic amines) is 1. The third-order valence-electron chi connectivity index (χ3n) is 3.77. The van der Waals surface area contributed by atoms with Crippen LogP contribution in [0.25, 0.3) is 0 Å². The summed E-state index contributed by atoms with van der Waals surface area (Å²) in [4.78, 5) is 26.0. The van der Waals surface area contributed by atoms with Gasteiger partial charge in [-0.25, -0.2) is 4.39 Å². The maximum absolute atomic E-state index is 14.4. The van der Waals surface area contributed by atoms with Gasteiger partial charge in [-0.3, -0.25) is 9.59 Å². The van der Waals surface area contributed by atoms with E-state index in [0.29, 0.717) is 16.4 Å². The highest BCUT2D eigenvalue weighted by Gasteiger charge is 2.26. The first-order valence-corrected chi connectivity index (χ1v) is 8.65. The fourth-order valence-corrected chi connectivity index (χ4v) is 3.27. The number of nitrogens with two attached hydrogens (primary N) is 1. The Balaban J connectivity index is 2.27.